The van der Waals surface area contributed by atoms with Crippen molar-refractivity contribution < 1.29 is 9.53 Å². The Morgan fingerprint density at radius 1 is 1.31 bits per heavy atom. The summed E-state index contributed by atoms with van der Waals surface area (Å²) in [6, 6.07) is 7.68. The lowest BCUT2D eigenvalue weighted by Gasteiger charge is -2.15. The Balaban J connectivity index is 0.00000240. The quantitative estimate of drug-likeness (QED) is 0.573. The number of nitrogens with zero attached hydrogens (tertiary/aromatic N) is 2. The average molecular weight is 434 g/mol. The molecule has 2 aromatic heterocycles. The van der Waals surface area contributed by atoms with Crippen LogP contribution >= 0.6 is 23.7 Å². The summed E-state index contributed by atoms with van der Waals surface area (Å²) in [7, 11) is 1.65. The third-order valence-corrected chi connectivity index (χ3v) is 6.32. The second-order valence-electron chi connectivity index (χ2n) is 6.85. The zero-order valence-electron chi connectivity index (χ0n) is 16.5. The molecule has 3 heterocycles. The summed E-state index contributed by atoms with van der Waals surface area (Å²) >= 11 is 1.59. The number of aromatic nitrogens is 3. The molecule has 3 aromatic rings. The molecule has 0 aliphatic carbocycles. The lowest BCUT2D eigenvalue weighted by molar-refractivity contribution is 0.0934. The monoisotopic (exact) mass is 433 g/mol. The largest absolute Gasteiger partial charge is 0.497 e. The fraction of sp³-hybridized carbons (Fsp3) is 0.350. The SMILES string of the molecule is COc1ccc(-c2nc(C)c(C(C)NC(=O)c3n[nH]c4c3CNCC4)s2)cc1.Cl. The van der Waals surface area contributed by atoms with E-state index in [1.54, 1.807) is 18.4 Å². The van der Waals surface area contributed by atoms with Crippen LogP contribution < -0.4 is 15.4 Å². The van der Waals surface area contributed by atoms with Crippen LogP contribution in [0, 0.1) is 6.92 Å². The van der Waals surface area contributed by atoms with Gasteiger partial charge in [-0.3, -0.25) is 9.89 Å². The van der Waals surface area contributed by atoms with Crippen molar-refractivity contribution >= 4 is 29.7 Å². The van der Waals surface area contributed by atoms with Crippen molar-refractivity contribution in [1.29, 1.82) is 0 Å². The molecule has 7 nitrogen and oxygen atoms in total. The predicted octanol–water partition coefficient (Wildman–Crippen LogP) is 3.41. The minimum absolute atomic E-state index is 0. The summed E-state index contributed by atoms with van der Waals surface area (Å²) in [5.41, 5.74) is 4.45. The van der Waals surface area contributed by atoms with E-state index < -0.39 is 0 Å². The van der Waals surface area contributed by atoms with Crippen molar-refractivity contribution in [2.45, 2.75) is 32.9 Å². The van der Waals surface area contributed by atoms with Crippen LogP contribution in [0.1, 0.15) is 45.3 Å². The second kappa shape index (κ2) is 8.94. The van der Waals surface area contributed by atoms with Crippen LogP contribution in [-0.2, 0) is 13.0 Å². The van der Waals surface area contributed by atoms with Crippen molar-refractivity contribution in [1.82, 2.24) is 25.8 Å². The van der Waals surface area contributed by atoms with Gasteiger partial charge in [-0.05, 0) is 38.1 Å². The van der Waals surface area contributed by atoms with Gasteiger partial charge in [0.05, 0.1) is 23.7 Å². The highest BCUT2D eigenvalue weighted by Crippen LogP contribution is 2.32. The highest BCUT2D eigenvalue weighted by Gasteiger charge is 2.24. The number of halogens is 1. The van der Waals surface area contributed by atoms with Gasteiger partial charge in [0.2, 0.25) is 0 Å². The fourth-order valence-electron chi connectivity index (χ4n) is 3.41. The van der Waals surface area contributed by atoms with Crippen molar-refractivity contribution in [3.05, 3.63) is 51.8 Å². The number of aromatic amines is 1. The highest BCUT2D eigenvalue weighted by atomic mass is 35.5. The Labute approximate surface area is 179 Å². The zero-order valence-corrected chi connectivity index (χ0v) is 18.2. The number of rotatable bonds is 5. The number of methoxy groups -OCH3 is 1. The molecule has 154 valence electrons. The molecule has 1 aliphatic heterocycles. The highest BCUT2D eigenvalue weighted by molar-refractivity contribution is 7.15. The van der Waals surface area contributed by atoms with Gasteiger partial charge in [-0.15, -0.1) is 23.7 Å². The number of carbonyl (C=O) groups is 1. The van der Waals surface area contributed by atoms with Crippen molar-refractivity contribution in [3.63, 3.8) is 0 Å². The Kier molecular flexibility index (Phi) is 6.56. The first-order chi connectivity index (χ1) is 13.6. The van der Waals surface area contributed by atoms with Crippen LogP contribution in [0.2, 0.25) is 0 Å². The van der Waals surface area contributed by atoms with Gasteiger partial charge in [-0.2, -0.15) is 5.10 Å². The number of H-pyrrole nitrogens is 1. The molecule has 1 atom stereocenters. The van der Waals surface area contributed by atoms with Crippen molar-refractivity contribution in [2.75, 3.05) is 13.7 Å². The normalized spacial score (nSPS) is 13.9. The van der Waals surface area contributed by atoms with Crippen LogP contribution in [0.3, 0.4) is 0 Å². The molecule has 0 bridgehead atoms. The number of thiazole rings is 1. The van der Waals surface area contributed by atoms with Gasteiger partial charge in [-0.25, -0.2) is 4.98 Å². The lowest BCUT2D eigenvalue weighted by atomic mass is 10.1. The number of hydrogen-bond donors (Lipinski definition) is 3. The number of carbonyl (C=O) groups excluding carboxylic acids is 1. The maximum Gasteiger partial charge on any atom is 0.272 e. The van der Waals surface area contributed by atoms with E-state index in [-0.39, 0.29) is 24.4 Å². The van der Waals surface area contributed by atoms with Crippen molar-refractivity contribution in [3.8, 4) is 16.3 Å². The summed E-state index contributed by atoms with van der Waals surface area (Å²) in [6.45, 7) is 5.53. The molecular weight excluding hydrogens is 410 g/mol. The number of benzene rings is 1. The Morgan fingerprint density at radius 3 is 2.79 bits per heavy atom. The van der Waals surface area contributed by atoms with Crippen LogP contribution in [-0.4, -0.2) is 34.7 Å². The van der Waals surface area contributed by atoms with E-state index in [4.69, 9.17) is 9.72 Å². The van der Waals surface area contributed by atoms with E-state index in [1.807, 2.05) is 38.1 Å². The van der Waals surface area contributed by atoms with Crippen LogP contribution in [0.25, 0.3) is 10.6 Å². The molecule has 1 aliphatic rings. The molecule has 9 heteroatoms. The summed E-state index contributed by atoms with van der Waals surface area (Å²) in [4.78, 5) is 18.5. The van der Waals surface area contributed by atoms with Crippen molar-refractivity contribution in [2.24, 2.45) is 0 Å². The molecule has 3 N–H and O–H groups in total. The molecule has 0 saturated heterocycles. The first-order valence-electron chi connectivity index (χ1n) is 9.26. The molecule has 0 saturated carbocycles. The summed E-state index contributed by atoms with van der Waals surface area (Å²) in [5.74, 6) is 0.655. The van der Waals surface area contributed by atoms with Gasteiger partial charge in [0.25, 0.3) is 5.91 Å². The Hall–Kier alpha value is -2.42. The maximum atomic E-state index is 12.8. The molecule has 0 spiro atoms. The van der Waals surface area contributed by atoms with E-state index in [9.17, 15) is 4.79 Å². The number of nitrogens with one attached hydrogen (secondary N) is 3. The lowest BCUT2D eigenvalue weighted by Crippen LogP contribution is -2.30. The molecule has 0 fully saturated rings. The molecule has 4 rings (SSSR count). The van der Waals surface area contributed by atoms with Crippen LogP contribution in [0.5, 0.6) is 5.75 Å². The number of ether oxygens (including phenoxy) is 1. The van der Waals surface area contributed by atoms with E-state index in [0.717, 1.165) is 51.1 Å². The molecule has 1 amide bonds. The topological polar surface area (TPSA) is 91.9 Å². The molecule has 1 unspecified atom stereocenters. The number of hydrogen-bond acceptors (Lipinski definition) is 6. The minimum atomic E-state index is -0.160. The standard InChI is InChI=1S/C20H23N5O2S.ClH/c1-11(22-19(26)17-15-10-21-9-8-16(15)24-25-17)18-12(2)23-20(28-18)13-4-6-14(27-3)7-5-13;/h4-7,11,21H,8-10H2,1-3H3,(H,22,26)(H,24,25);1H. The first-order valence-corrected chi connectivity index (χ1v) is 10.1. The fourth-order valence-corrected chi connectivity index (χ4v) is 4.48. The molecule has 1 aromatic carbocycles. The predicted molar refractivity (Wildman–Crippen MR) is 116 cm³/mol. The third kappa shape index (κ3) is 4.29. The molecule has 0 radical (unpaired) electrons. The van der Waals surface area contributed by atoms with E-state index >= 15 is 0 Å². The van der Waals surface area contributed by atoms with Gasteiger partial charge in [0.1, 0.15) is 10.8 Å². The Bertz CT molecular complexity index is 999. The van der Waals surface area contributed by atoms with Gasteiger partial charge in [0, 0.05) is 36.3 Å². The summed E-state index contributed by atoms with van der Waals surface area (Å²) < 4.78 is 5.21. The maximum absolute atomic E-state index is 12.8. The smallest absolute Gasteiger partial charge is 0.272 e. The number of amides is 1. The van der Waals surface area contributed by atoms with E-state index in [0.29, 0.717) is 12.2 Å². The van der Waals surface area contributed by atoms with Crippen LogP contribution in [0.4, 0.5) is 0 Å². The van der Waals surface area contributed by atoms with Crippen LogP contribution in [0.15, 0.2) is 24.3 Å². The van der Waals surface area contributed by atoms with Gasteiger partial charge in [-0.1, -0.05) is 0 Å². The molecular formula is C20H24ClN5O2S. The third-order valence-electron chi connectivity index (χ3n) is 4.93. The van der Waals surface area contributed by atoms with Gasteiger partial charge in [0.15, 0.2) is 5.69 Å². The Morgan fingerprint density at radius 2 is 2.07 bits per heavy atom. The van der Waals surface area contributed by atoms with E-state index in [2.05, 4.69) is 20.8 Å². The first kappa shape index (κ1) is 21.3. The summed E-state index contributed by atoms with van der Waals surface area (Å²) in [6.07, 6.45) is 0.865. The summed E-state index contributed by atoms with van der Waals surface area (Å²) in [5, 5.41) is 14.5. The second-order valence-corrected chi connectivity index (χ2v) is 7.88. The van der Waals surface area contributed by atoms with Gasteiger partial charge < -0.3 is 15.4 Å². The average Bonchev–Trinajstić information content (AvgIpc) is 3.32. The molecule has 29 heavy (non-hydrogen) atoms. The number of aryl methyl sites for hydroxylation is 1. The van der Waals surface area contributed by atoms with Gasteiger partial charge >= 0.3 is 0 Å². The van der Waals surface area contributed by atoms with E-state index in [1.165, 1.54) is 0 Å². The minimum Gasteiger partial charge on any atom is -0.497 e. The number of fused-ring (bicyclic) bond motifs is 1. The zero-order chi connectivity index (χ0) is 19.7.